The van der Waals surface area contributed by atoms with E-state index in [2.05, 4.69) is 27.8 Å². The van der Waals surface area contributed by atoms with Gasteiger partial charge in [0.05, 0.1) is 0 Å². The third kappa shape index (κ3) is 4.58. The van der Waals surface area contributed by atoms with Crippen molar-refractivity contribution in [1.29, 1.82) is 0 Å². The number of nitrogens with one attached hydrogen (secondary N) is 3. The molecule has 6 nitrogen and oxygen atoms in total. The van der Waals surface area contributed by atoms with Crippen LogP contribution in [0.15, 0.2) is 54.6 Å². The minimum Gasteiger partial charge on any atom is -0.356 e. The molecule has 0 radical (unpaired) electrons. The fourth-order valence-corrected chi connectivity index (χ4v) is 2.81. The maximum atomic E-state index is 12.3. The van der Waals surface area contributed by atoms with Crippen molar-refractivity contribution in [3.8, 4) is 0 Å². The van der Waals surface area contributed by atoms with Crippen molar-refractivity contribution in [3.63, 3.8) is 0 Å². The fraction of sp³-hybridized carbons (Fsp3) is 0.211. The molecular formula is C19H21N5OS. The summed E-state index contributed by atoms with van der Waals surface area (Å²) in [6.45, 7) is 2.21. The lowest BCUT2D eigenvalue weighted by Gasteiger charge is -2.10. The Hall–Kier alpha value is -2.93. The van der Waals surface area contributed by atoms with Gasteiger partial charge in [-0.3, -0.25) is 14.5 Å². The average molecular weight is 367 g/mol. The Labute approximate surface area is 157 Å². The summed E-state index contributed by atoms with van der Waals surface area (Å²) in [6.07, 6.45) is 1.72. The smallest absolute Gasteiger partial charge is 0.244 e. The molecule has 3 aromatic rings. The van der Waals surface area contributed by atoms with Crippen LogP contribution in [0.3, 0.4) is 0 Å². The summed E-state index contributed by atoms with van der Waals surface area (Å²) in [5, 5.41) is 13.1. The molecule has 134 valence electrons. The zero-order valence-electron chi connectivity index (χ0n) is 14.5. The molecule has 0 saturated carbocycles. The highest BCUT2D eigenvalue weighted by molar-refractivity contribution is 7.71. The van der Waals surface area contributed by atoms with Gasteiger partial charge in [0.1, 0.15) is 12.4 Å². The summed E-state index contributed by atoms with van der Waals surface area (Å²) in [5.74, 6) is 0.665. The highest BCUT2D eigenvalue weighted by Gasteiger charge is 2.10. The fourth-order valence-electron chi connectivity index (χ4n) is 2.60. The summed E-state index contributed by atoms with van der Waals surface area (Å²) in [6, 6.07) is 17.5. The predicted octanol–water partition coefficient (Wildman–Crippen LogP) is 4.28. The summed E-state index contributed by atoms with van der Waals surface area (Å²) < 4.78 is 2.20. The zero-order chi connectivity index (χ0) is 18.4. The molecular weight excluding hydrogens is 346 g/mol. The maximum Gasteiger partial charge on any atom is 0.244 e. The quantitative estimate of drug-likeness (QED) is 0.545. The molecule has 1 aromatic heterocycles. The highest BCUT2D eigenvalue weighted by atomic mass is 32.1. The van der Waals surface area contributed by atoms with E-state index in [4.69, 9.17) is 12.2 Å². The van der Waals surface area contributed by atoms with E-state index in [1.54, 1.807) is 4.57 Å². The van der Waals surface area contributed by atoms with E-state index in [0.717, 1.165) is 35.7 Å². The topological polar surface area (TPSA) is 74.7 Å². The lowest BCUT2D eigenvalue weighted by atomic mass is 10.2. The molecule has 0 aliphatic carbocycles. The third-order valence-electron chi connectivity index (χ3n) is 3.84. The van der Waals surface area contributed by atoms with E-state index in [9.17, 15) is 4.79 Å². The van der Waals surface area contributed by atoms with Crippen molar-refractivity contribution in [1.82, 2.24) is 14.8 Å². The Bertz CT molecular complexity index is 915. The maximum absolute atomic E-state index is 12.3. The molecule has 26 heavy (non-hydrogen) atoms. The van der Waals surface area contributed by atoms with E-state index >= 15 is 0 Å². The van der Waals surface area contributed by atoms with Crippen LogP contribution in [0.1, 0.15) is 19.2 Å². The number of carbonyl (C=O) groups excluding carboxylic acids is 1. The number of hydrogen-bond donors (Lipinski definition) is 3. The zero-order valence-corrected chi connectivity index (χ0v) is 15.3. The molecule has 0 unspecified atom stereocenters. The van der Waals surface area contributed by atoms with Crippen LogP contribution in [0.4, 0.5) is 17.1 Å². The number of aryl methyl sites for hydroxylation is 1. The van der Waals surface area contributed by atoms with E-state index in [1.807, 2.05) is 54.6 Å². The van der Waals surface area contributed by atoms with Crippen molar-refractivity contribution in [2.24, 2.45) is 0 Å². The second-order valence-electron chi connectivity index (χ2n) is 5.90. The van der Waals surface area contributed by atoms with Gasteiger partial charge in [0.15, 0.2) is 4.77 Å². The lowest BCUT2D eigenvalue weighted by molar-refractivity contribution is -0.116. The number of aromatic nitrogens is 3. The third-order valence-corrected chi connectivity index (χ3v) is 4.16. The van der Waals surface area contributed by atoms with Crippen LogP contribution < -0.4 is 10.6 Å². The first-order chi connectivity index (χ1) is 12.7. The average Bonchev–Trinajstić information content (AvgIpc) is 2.98. The summed E-state index contributed by atoms with van der Waals surface area (Å²) in [5.41, 5.74) is 2.71. The molecule has 0 saturated heterocycles. The van der Waals surface area contributed by atoms with Crippen LogP contribution in [0.25, 0.3) is 0 Å². The van der Waals surface area contributed by atoms with Crippen LogP contribution in [0.2, 0.25) is 0 Å². The number of aromatic amines is 1. The van der Waals surface area contributed by atoms with E-state index in [0.29, 0.717) is 4.77 Å². The number of rotatable bonds is 7. The number of para-hydroxylation sites is 1. The Balaban J connectivity index is 1.61. The SMILES string of the molecule is CCCc1n[nH]c(=S)n1CC(=O)Nc1ccc(Nc2ccccc2)cc1. The van der Waals surface area contributed by atoms with Gasteiger partial charge in [-0.1, -0.05) is 25.1 Å². The van der Waals surface area contributed by atoms with Crippen LogP contribution >= 0.6 is 12.2 Å². The Kier molecular flexibility index (Phi) is 5.80. The Morgan fingerprint density at radius 1 is 1.08 bits per heavy atom. The van der Waals surface area contributed by atoms with Crippen molar-refractivity contribution in [3.05, 3.63) is 65.2 Å². The van der Waals surface area contributed by atoms with Gasteiger partial charge >= 0.3 is 0 Å². The van der Waals surface area contributed by atoms with Crippen molar-refractivity contribution >= 4 is 35.2 Å². The first-order valence-corrected chi connectivity index (χ1v) is 8.92. The molecule has 7 heteroatoms. The molecule has 0 aliphatic heterocycles. The normalized spacial score (nSPS) is 10.5. The van der Waals surface area contributed by atoms with Crippen molar-refractivity contribution in [2.75, 3.05) is 10.6 Å². The molecule has 0 spiro atoms. The summed E-state index contributed by atoms with van der Waals surface area (Å²) in [7, 11) is 0. The van der Waals surface area contributed by atoms with Gasteiger partial charge in [-0.15, -0.1) is 0 Å². The molecule has 0 fully saturated rings. The van der Waals surface area contributed by atoms with E-state index in [1.165, 1.54) is 0 Å². The molecule has 0 atom stereocenters. The standard InChI is InChI=1S/C19H21N5OS/c1-2-6-17-22-23-19(26)24(17)13-18(25)21-16-11-9-15(10-12-16)20-14-7-4-3-5-8-14/h3-5,7-12,20H,2,6,13H2,1H3,(H,21,25)(H,23,26). The minimum atomic E-state index is -0.136. The molecule has 3 rings (SSSR count). The predicted molar refractivity (Wildman–Crippen MR) is 106 cm³/mol. The molecule has 3 N–H and O–H groups in total. The number of anilines is 3. The van der Waals surface area contributed by atoms with Gasteiger partial charge in [-0.25, -0.2) is 0 Å². The first-order valence-electron chi connectivity index (χ1n) is 8.52. The van der Waals surface area contributed by atoms with Gasteiger partial charge in [0.2, 0.25) is 5.91 Å². The van der Waals surface area contributed by atoms with Crippen molar-refractivity contribution < 1.29 is 4.79 Å². The largest absolute Gasteiger partial charge is 0.356 e. The van der Waals surface area contributed by atoms with Gasteiger partial charge in [0.25, 0.3) is 0 Å². The summed E-state index contributed by atoms with van der Waals surface area (Å²) in [4.78, 5) is 12.3. The van der Waals surface area contributed by atoms with Gasteiger partial charge in [0, 0.05) is 23.5 Å². The van der Waals surface area contributed by atoms with Gasteiger partial charge in [-0.05, 0) is 55.0 Å². The summed E-state index contributed by atoms with van der Waals surface area (Å²) >= 11 is 5.21. The lowest BCUT2D eigenvalue weighted by Crippen LogP contribution is -2.20. The monoisotopic (exact) mass is 367 g/mol. The molecule has 2 aromatic carbocycles. The van der Waals surface area contributed by atoms with Gasteiger partial charge < -0.3 is 10.6 Å². The first kappa shape index (κ1) is 17.9. The molecule has 0 aliphatic rings. The Morgan fingerprint density at radius 2 is 1.73 bits per heavy atom. The number of hydrogen-bond acceptors (Lipinski definition) is 4. The highest BCUT2D eigenvalue weighted by Crippen LogP contribution is 2.18. The molecule has 1 amide bonds. The number of benzene rings is 2. The second kappa shape index (κ2) is 8.44. The Morgan fingerprint density at radius 3 is 2.42 bits per heavy atom. The number of nitrogens with zero attached hydrogens (tertiary/aromatic N) is 2. The van der Waals surface area contributed by atoms with Crippen LogP contribution in [0, 0.1) is 4.77 Å². The van der Waals surface area contributed by atoms with Crippen molar-refractivity contribution in [2.45, 2.75) is 26.3 Å². The van der Waals surface area contributed by atoms with E-state index < -0.39 is 0 Å². The van der Waals surface area contributed by atoms with Crippen LogP contribution in [0.5, 0.6) is 0 Å². The van der Waals surface area contributed by atoms with Crippen LogP contribution in [-0.2, 0) is 17.8 Å². The van der Waals surface area contributed by atoms with E-state index in [-0.39, 0.29) is 12.5 Å². The van der Waals surface area contributed by atoms with Gasteiger partial charge in [-0.2, -0.15) is 5.10 Å². The second-order valence-corrected chi connectivity index (χ2v) is 6.28. The molecule has 0 bridgehead atoms. The molecule has 1 heterocycles. The van der Waals surface area contributed by atoms with Crippen LogP contribution in [-0.4, -0.2) is 20.7 Å². The number of amides is 1. The number of H-pyrrole nitrogens is 1. The number of carbonyl (C=O) groups is 1. The minimum absolute atomic E-state index is 0.136.